The van der Waals surface area contributed by atoms with Gasteiger partial charge in [0.2, 0.25) is 0 Å². The van der Waals surface area contributed by atoms with E-state index in [-0.39, 0.29) is 11.5 Å². The Kier molecular flexibility index (Phi) is 4.90. The monoisotopic (exact) mass is 397 g/mol. The quantitative estimate of drug-likeness (QED) is 0.246. The molecule has 0 saturated carbocycles. The van der Waals surface area contributed by atoms with Crippen molar-refractivity contribution >= 4 is 33.5 Å². The summed E-state index contributed by atoms with van der Waals surface area (Å²) in [5, 5.41) is 11.1. The summed E-state index contributed by atoms with van der Waals surface area (Å²) in [6.07, 6.45) is 2.95. The number of ketones is 1. The van der Waals surface area contributed by atoms with Crippen LogP contribution in [0.1, 0.15) is 16.1 Å². The van der Waals surface area contributed by atoms with Gasteiger partial charge >= 0.3 is 0 Å². The van der Waals surface area contributed by atoms with Gasteiger partial charge in [0.1, 0.15) is 11.5 Å². The number of hydrogen-bond acceptors (Lipinski definition) is 4. The predicted octanol–water partition coefficient (Wildman–Crippen LogP) is 5.51. The maximum atomic E-state index is 12.1. The van der Waals surface area contributed by atoms with E-state index in [4.69, 9.17) is 4.42 Å². The molecule has 6 heteroatoms. The van der Waals surface area contributed by atoms with E-state index in [9.17, 15) is 14.9 Å². The van der Waals surface area contributed by atoms with Gasteiger partial charge in [-0.2, -0.15) is 0 Å². The second-order valence-electron chi connectivity index (χ2n) is 5.18. The normalized spacial score (nSPS) is 10.9. The first kappa shape index (κ1) is 16.9. The minimum absolute atomic E-state index is 0.0293. The Morgan fingerprint density at radius 1 is 1.04 bits per heavy atom. The molecule has 3 aromatic rings. The second kappa shape index (κ2) is 7.27. The highest BCUT2D eigenvalue weighted by atomic mass is 79.9. The number of allylic oxidation sites excluding steroid dienone is 1. The SMILES string of the molecule is O=C(/C=C/c1ccc(-c2ccccc2[N+](=O)[O-])o1)c1ccc(Br)cc1. The van der Waals surface area contributed by atoms with Gasteiger partial charge in [-0.25, -0.2) is 0 Å². The number of rotatable bonds is 5. The molecular formula is C19H12BrNO4. The van der Waals surface area contributed by atoms with Crippen LogP contribution in [0.5, 0.6) is 0 Å². The van der Waals surface area contributed by atoms with E-state index in [1.54, 1.807) is 60.7 Å². The smallest absolute Gasteiger partial charge is 0.280 e. The Morgan fingerprint density at radius 3 is 2.48 bits per heavy atom. The van der Waals surface area contributed by atoms with Crippen LogP contribution in [0.3, 0.4) is 0 Å². The second-order valence-corrected chi connectivity index (χ2v) is 6.10. The fourth-order valence-corrected chi connectivity index (χ4v) is 2.56. The standard InChI is InChI=1S/C19H12BrNO4/c20-14-7-5-13(6-8-14)18(22)11-9-15-10-12-19(25-15)16-3-1-2-4-17(16)21(23)24/h1-12H/b11-9+. The Bertz CT molecular complexity index is 958. The molecule has 0 unspecified atom stereocenters. The number of furan rings is 1. The van der Waals surface area contributed by atoms with Gasteiger partial charge in [0.05, 0.1) is 10.5 Å². The molecule has 0 aliphatic carbocycles. The van der Waals surface area contributed by atoms with E-state index in [0.29, 0.717) is 22.6 Å². The maximum Gasteiger partial charge on any atom is 0.280 e. The summed E-state index contributed by atoms with van der Waals surface area (Å²) in [7, 11) is 0. The van der Waals surface area contributed by atoms with Crippen LogP contribution in [0.15, 0.2) is 75.6 Å². The fourth-order valence-electron chi connectivity index (χ4n) is 2.30. The van der Waals surface area contributed by atoms with Crippen molar-refractivity contribution in [3.63, 3.8) is 0 Å². The summed E-state index contributed by atoms with van der Waals surface area (Å²) in [5.74, 6) is 0.665. The average Bonchev–Trinajstić information content (AvgIpc) is 3.09. The van der Waals surface area contributed by atoms with Crippen LogP contribution in [0.4, 0.5) is 5.69 Å². The highest BCUT2D eigenvalue weighted by molar-refractivity contribution is 9.10. The Balaban J connectivity index is 1.81. The largest absolute Gasteiger partial charge is 0.456 e. The van der Waals surface area contributed by atoms with Gasteiger partial charge in [0, 0.05) is 16.1 Å². The summed E-state index contributed by atoms with van der Waals surface area (Å²) in [6, 6.07) is 16.7. The zero-order valence-corrected chi connectivity index (χ0v) is 14.5. The number of benzene rings is 2. The predicted molar refractivity (Wildman–Crippen MR) is 98.3 cm³/mol. The van der Waals surface area contributed by atoms with E-state index in [0.717, 1.165) is 4.47 Å². The molecule has 0 saturated heterocycles. The van der Waals surface area contributed by atoms with Crippen molar-refractivity contribution in [3.8, 4) is 11.3 Å². The molecule has 0 fully saturated rings. The van der Waals surface area contributed by atoms with Gasteiger partial charge < -0.3 is 4.42 Å². The van der Waals surface area contributed by atoms with Gasteiger partial charge in [0.15, 0.2) is 5.78 Å². The van der Waals surface area contributed by atoms with Crippen LogP contribution >= 0.6 is 15.9 Å². The maximum absolute atomic E-state index is 12.1. The number of nitro groups is 1. The van der Waals surface area contributed by atoms with Crippen LogP contribution in [0, 0.1) is 10.1 Å². The van der Waals surface area contributed by atoms with Crippen LogP contribution in [0.25, 0.3) is 17.4 Å². The summed E-state index contributed by atoms with van der Waals surface area (Å²) >= 11 is 3.32. The van der Waals surface area contributed by atoms with Crippen LogP contribution < -0.4 is 0 Å². The third kappa shape index (κ3) is 3.92. The van der Waals surface area contributed by atoms with Gasteiger partial charge in [-0.1, -0.05) is 28.1 Å². The lowest BCUT2D eigenvalue weighted by atomic mass is 10.1. The fraction of sp³-hybridized carbons (Fsp3) is 0. The minimum Gasteiger partial charge on any atom is -0.456 e. The number of halogens is 1. The summed E-state index contributed by atoms with van der Waals surface area (Å²) in [5.41, 5.74) is 0.926. The topological polar surface area (TPSA) is 73.3 Å². The molecule has 0 atom stereocenters. The number of hydrogen-bond donors (Lipinski definition) is 0. The number of nitro benzene ring substituents is 1. The third-order valence-corrected chi connectivity index (χ3v) is 4.05. The zero-order chi connectivity index (χ0) is 17.8. The van der Waals surface area contributed by atoms with E-state index in [1.807, 2.05) is 0 Å². The molecule has 124 valence electrons. The molecule has 3 rings (SSSR count). The van der Waals surface area contributed by atoms with Gasteiger partial charge in [0.25, 0.3) is 5.69 Å². The summed E-state index contributed by atoms with van der Waals surface area (Å²) in [4.78, 5) is 22.8. The Labute approximate surface area is 151 Å². The van der Waals surface area contributed by atoms with Gasteiger partial charge in [-0.15, -0.1) is 0 Å². The summed E-state index contributed by atoms with van der Waals surface area (Å²) in [6.45, 7) is 0. The number of carbonyl (C=O) groups is 1. The van der Waals surface area contributed by atoms with Crippen LogP contribution in [-0.4, -0.2) is 10.7 Å². The third-order valence-electron chi connectivity index (χ3n) is 3.52. The molecule has 0 aliphatic rings. The highest BCUT2D eigenvalue weighted by Gasteiger charge is 2.16. The molecule has 0 spiro atoms. The van der Waals surface area contributed by atoms with E-state index >= 15 is 0 Å². The van der Waals surface area contributed by atoms with Crippen molar-refractivity contribution in [1.29, 1.82) is 0 Å². The lowest BCUT2D eigenvalue weighted by Gasteiger charge is -1.98. The van der Waals surface area contributed by atoms with E-state index in [1.165, 1.54) is 12.1 Å². The Hall–Kier alpha value is -2.99. The molecule has 2 aromatic carbocycles. The van der Waals surface area contributed by atoms with Gasteiger partial charge in [-0.05, 0) is 54.6 Å². The van der Waals surface area contributed by atoms with Crippen molar-refractivity contribution in [2.75, 3.05) is 0 Å². The molecule has 5 nitrogen and oxygen atoms in total. The van der Waals surface area contributed by atoms with Crippen molar-refractivity contribution < 1.29 is 14.1 Å². The van der Waals surface area contributed by atoms with Crippen molar-refractivity contribution in [2.24, 2.45) is 0 Å². The molecule has 0 amide bonds. The first-order valence-electron chi connectivity index (χ1n) is 7.36. The number of carbonyl (C=O) groups excluding carboxylic acids is 1. The van der Waals surface area contributed by atoms with E-state index in [2.05, 4.69) is 15.9 Å². The Morgan fingerprint density at radius 2 is 1.76 bits per heavy atom. The minimum atomic E-state index is -0.454. The average molecular weight is 398 g/mol. The molecule has 0 radical (unpaired) electrons. The lowest BCUT2D eigenvalue weighted by Crippen LogP contribution is -1.92. The molecule has 0 bridgehead atoms. The van der Waals surface area contributed by atoms with Crippen LogP contribution in [0.2, 0.25) is 0 Å². The molecular weight excluding hydrogens is 386 g/mol. The lowest BCUT2D eigenvalue weighted by molar-refractivity contribution is -0.384. The highest BCUT2D eigenvalue weighted by Crippen LogP contribution is 2.31. The van der Waals surface area contributed by atoms with Gasteiger partial charge in [-0.3, -0.25) is 14.9 Å². The first-order valence-corrected chi connectivity index (χ1v) is 8.15. The zero-order valence-electron chi connectivity index (χ0n) is 12.9. The van der Waals surface area contributed by atoms with E-state index < -0.39 is 4.92 Å². The first-order chi connectivity index (χ1) is 12.0. The molecule has 0 aliphatic heterocycles. The summed E-state index contributed by atoms with van der Waals surface area (Å²) < 4.78 is 6.51. The molecule has 25 heavy (non-hydrogen) atoms. The van der Waals surface area contributed by atoms with Crippen molar-refractivity contribution in [2.45, 2.75) is 0 Å². The van der Waals surface area contributed by atoms with Crippen molar-refractivity contribution in [3.05, 3.63) is 92.7 Å². The molecule has 0 N–H and O–H groups in total. The number of nitrogens with zero attached hydrogens (tertiary/aromatic N) is 1. The molecule has 1 aromatic heterocycles. The molecule has 1 heterocycles. The van der Waals surface area contributed by atoms with Crippen molar-refractivity contribution in [1.82, 2.24) is 0 Å². The van der Waals surface area contributed by atoms with Crippen LogP contribution in [-0.2, 0) is 0 Å². The number of para-hydroxylation sites is 1.